The summed E-state index contributed by atoms with van der Waals surface area (Å²) in [5, 5.41) is 3.87. The smallest absolute Gasteiger partial charge is 0.139 e. The standard InChI is InChI=1S/C13H14BrClN4/c1-2-3-9-12(16)17-7-18-13(9)19-8-4-5-10(14)11(15)6-8/h4-7H,2-3H2,1H3,(H3,16,17,18,19). The maximum absolute atomic E-state index is 6.07. The molecule has 19 heavy (non-hydrogen) atoms. The van der Waals surface area contributed by atoms with Crippen molar-refractivity contribution >= 4 is 44.9 Å². The van der Waals surface area contributed by atoms with E-state index in [2.05, 4.69) is 38.1 Å². The number of hydrogen-bond acceptors (Lipinski definition) is 4. The third-order valence-corrected chi connectivity index (χ3v) is 3.89. The molecule has 1 aromatic heterocycles. The molecule has 0 unspecified atom stereocenters. The highest BCUT2D eigenvalue weighted by atomic mass is 79.9. The van der Waals surface area contributed by atoms with Crippen LogP contribution in [0.15, 0.2) is 29.0 Å². The highest BCUT2D eigenvalue weighted by molar-refractivity contribution is 9.10. The first-order valence-electron chi connectivity index (χ1n) is 5.93. The summed E-state index contributed by atoms with van der Waals surface area (Å²) in [6.45, 7) is 2.09. The Balaban J connectivity index is 2.32. The van der Waals surface area contributed by atoms with Crippen LogP contribution in [0.25, 0.3) is 0 Å². The van der Waals surface area contributed by atoms with Crippen LogP contribution < -0.4 is 11.1 Å². The number of aromatic nitrogens is 2. The minimum atomic E-state index is 0.516. The molecule has 0 aliphatic carbocycles. The summed E-state index contributed by atoms with van der Waals surface area (Å²) >= 11 is 9.43. The molecule has 6 heteroatoms. The van der Waals surface area contributed by atoms with Crippen molar-refractivity contribution < 1.29 is 0 Å². The number of nitrogens with two attached hydrogens (primary N) is 1. The van der Waals surface area contributed by atoms with E-state index in [-0.39, 0.29) is 0 Å². The molecular formula is C13H14BrClN4. The molecule has 0 atom stereocenters. The second-order valence-electron chi connectivity index (χ2n) is 4.09. The molecule has 0 bridgehead atoms. The third-order valence-electron chi connectivity index (χ3n) is 2.66. The third kappa shape index (κ3) is 3.36. The summed E-state index contributed by atoms with van der Waals surface area (Å²) in [6.07, 6.45) is 3.27. The molecule has 4 nitrogen and oxygen atoms in total. The monoisotopic (exact) mass is 340 g/mol. The van der Waals surface area contributed by atoms with Gasteiger partial charge in [0.15, 0.2) is 0 Å². The maximum atomic E-state index is 6.07. The Morgan fingerprint density at radius 3 is 2.84 bits per heavy atom. The van der Waals surface area contributed by atoms with E-state index in [9.17, 15) is 0 Å². The minimum Gasteiger partial charge on any atom is -0.383 e. The van der Waals surface area contributed by atoms with Crippen molar-refractivity contribution in [1.29, 1.82) is 0 Å². The van der Waals surface area contributed by atoms with Crippen LogP contribution in [0.3, 0.4) is 0 Å². The van der Waals surface area contributed by atoms with Gasteiger partial charge in [0.2, 0.25) is 0 Å². The van der Waals surface area contributed by atoms with Gasteiger partial charge in [-0.3, -0.25) is 0 Å². The van der Waals surface area contributed by atoms with Crippen molar-refractivity contribution in [3.05, 3.63) is 39.6 Å². The Hall–Kier alpha value is -1.33. The SMILES string of the molecule is CCCc1c(N)ncnc1Nc1ccc(Br)c(Cl)c1. The zero-order valence-electron chi connectivity index (χ0n) is 10.5. The van der Waals surface area contributed by atoms with Crippen molar-refractivity contribution in [2.75, 3.05) is 11.1 Å². The molecule has 0 saturated carbocycles. The fourth-order valence-electron chi connectivity index (χ4n) is 1.74. The summed E-state index contributed by atoms with van der Waals surface area (Å²) in [5.41, 5.74) is 7.69. The summed E-state index contributed by atoms with van der Waals surface area (Å²) in [5.74, 6) is 1.25. The lowest BCUT2D eigenvalue weighted by Crippen LogP contribution is -2.05. The zero-order chi connectivity index (χ0) is 13.8. The van der Waals surface area contributed by atoms with Crippen molar-refractivity contribution in [2.24, 2.45) is 0 Å². The Labute approximate surface area is 125 Å². The summed E-state index contributed by atoms with van der Waals surface area (Å²) in [4.78, 5) is 8.27. The average molecular weight is 342 g/mol. The van der Waals surface area contributed by atoms with Gasteiger partial charge in [0.1, 0.15) is 18.0 Å². The van der Waals surface area contributed by atoms with Gasteiger partial charge < -0.3 is 11.1 Å². The highest BCUT2D eigenvalue weighted by Crippen LogP contribution is 2.28. The zero-order valence-corrected chi connectivity index (χ0v) is 12.8. The molecule has 0 fully saturated rings. The Kier molecular flexibility index (Phi) is 4.61. The van der Waals surface area contributed by atoms with Gasteiger partial charge in [0.05, 0.1) is 5.02 Å². The molecule has 0 spiro atoms. The van der Waals surface area contributed by atoms with Crippen LogP contribution in [-0.2, 0) is 6.42 Å². The first kappa shape index (κ1) is 14.1. The average Bonchev–Trinajstić information content (AvgIpc) is 2.38. The minimum absolute atomic E-state index is 0.516. The molecule has 0 amide bonds. The molecule has 3 N–H and O–H groups in total. The second-order valence-corrected chi connectivity index (χ2v) is 5.35. The quantitative estimate of drug-likeness (QED) is 0.876. The van der Waals surface area contributed by atoms with Crippen LogP contribution in [0.2, 0.25) is 5.02 Å². The maximum Gasteiger partial charge on any atom is 0.139 e. The number of nitrogens with zero attached hydrogens (tertiary/aromatic N) is 2. The summed E-state index contributed by atoms with van der Waals surface area (Å²) < 4.78 is 0.857. The normalized spacial score (nSPS) is 10.5. The van der Waals surface area contributed by atoms with Gasteiger partial charge in [-0.15, -0.1) is 0 Å². The van der Waals surface area contributed by atoms with Crippen molar-refractivity contribution in [3.63, 3.8) is 0 Å². The molecule has 0 aliphatic rings. The van der Waals surface area contributed by atoms with Crippen molar-refractivity contribution in [2.45, 2.75) is 19.8 Å². The van der Waals surface area contributed by atoms with Crippen LogP contribution in [0.1, 0.15) is 18.9 Å². The predicted octanol–water partition coefficient (Wildman–Crippen LogP) is 4.17. The molecule has 0 radical (unpaired) electrons. The van der Waals surface area contributed by atoms with E-state index in [1.54, 1.807) is 0 Å². The fourth-order valence-corrected chi connectivity index (χ4v) is 2.17. The Morgan fingerprint density at radius 1 is 1.37 bits per heavy atom. The fraction of sp³-hybridized carbons (Fsp3) is 0.231. The van der Waals surface area contributed by atoms with Gasteiger partial charge in [0, 0.05) is 15.7 Å². The Morgan fingerprint density at radius 2 is 2.16 bits per heavy atom. The second kappa shape index (κ2) is 6.21. The first-order valence-corrected chi connectivity index (χ1v) is 7.10. The van der Waals surface area contributed by atoms with Crippen LogP contribution in [0, 0.1) is 0 Å². The molecular weight excluding hydrogens is 328 g/mol. The molecule has 2 aromatic rings. The van der Waals surface area contributed by atoms with E-state index >= 15 is 0 Å². The number of nitrogens with one attached hydrogen (secondary N) is 1. The van der Waals surface area contributed by atoms with E-state index in [0.29, 0.717) is 10.8 Å². The topological polar surface area (TPSA) is 63.8 Å². The van der Waals surface area contributed by atoms with Crippen LogP contribution in [0.4, 0.5) is 17.3 Å². The lowest BCUT2D eigenvalue weighted by atomic mass is 10.1. The number of anilines is 3. The van der Waals surface area contributed by atoms with Gasteiger partial charge in [-0.05, 0) is 40.5 Å². The van der Waals surface area contributed by atoms with Crippen LogP contribution in [0.5, 0.6) is 0 Å². The van der Waals surface area contributed by atoms with Crippen LogP contribution >= 0.6 is 27.5 Å². The van der Waals surface area contributed by atoms with E-state index < -0.39 is 0 Å². The molecule has 0 aliphatic heterocycles. The van der Waals surface area contributed by atoms with Crippen molar-refractivity contribution in [3.8, 4) is 0 Å². The number of benzene rings is 1. The Bertz CT molecular complexity index is 589. The van der Waals surface area contributed by atoms with E-state index in [1.807, 2.05) is 18.2 Å². The first-order chi connectivity index (χ1) is 9.11. The van der Waals surface area contributed by atoms with E-state index in [0.717, 1.165) is 34.4 Å². The molecule has 0 saturated heterocycles. The number of halogens is 2. The molecule has 1 aromatic carbocycles. The van der Waals surface area contributed by atoms with Gasteiger partial charge in [-0.25, -0.2) is 9.97 Å². The predicted molar refractivity (Wildman–Crippen MR) is 82.9 cm³/mol. The largest absolute Gasteiger partial charge is 0.383 e. The highest BCUT2D eigenvalue weighted by Gasteiger charge is 2.09. The summed E-state index contributed by atoms with van der Waals surface area (Å²) in [6, 6.07) is 5.64. The van der Waals surface area contributed by atoms with Gasteiger partial charge >= 0.3 is 0 Å². The number of rotatable bonds is 4. The molecule has 1 heterocycles. The lowest BCUT2D eigenvalue weighted by molar-refractivity contribution is 0.908. The molecule has 2 rings (SSSR count). The van der Waals surface area contributed by atoms with Gasteiger partial charge in [0.25, 0.3) is 0 Å². The van der Waals surface area contributed by atoms with E-state index in [4.69, 9.17) is 17.3 Å². The van der Waals surface area contributed by atoms with Crippen molar-refractivity contribution in [1.82, 2.24) is 9.97 Å². The molecule has 100 valence electrons. The van der Waals surface area contributed by atoms with Crippen LogP contribution in [-0.4, -0.2) is 9.97 Å². The lowest BCUT2D eigenvalue weighted by Gasteiger charge is -2.12. The summed E-state index contributed by atoms with van der Waals surface area (Å²) in [7, 11) is 0. The number of nitrogen functional groups attached to an aromatic ring is 1. The van der Waals surface area contributed by atoms with E-state index in [1.165, 1.54) is 6.33 Å². The van der Waals surface area contributed by atoms with Gasteiger partial charge in [-0.2, -0.15) is 0 Å². The van der Waals surface area contributed by atoms with Gasteiger partial charge in [-0.1, -0.05) is 24.9 Å². The number of hydrogen-bond donors (Lipinski definition) is 2.